The molecule has 158 valence electrons. The normalized spacial score (nSPS) is 17.1. The molecule has 2 aromatic rings. The lowest BCUT2D eigenvalue weighted by atomic mass is 10.1. The van der Waals surface area contributed by atoms with E-state index in [1.54, 1.807) is 13.4 Å². The van der Waals surface area contributed by atoms with Crippen molar-refractivity contribution in [2.75, 3.05) is 53.1 Å². The van der Waals surface area contributed by atoms with Crippen molar-refractivity contribution < 1.29 is 13.9 Å². The Morgan fingerprint density at radius 3 is 2.86 bits per heavy atom. The lowest BCUT2D eigenvalue weighted by molar-refractivity contribution is 0.0536. The molecule has 2 heterocycles. The van der Waals surface area contributed by atoms with E-state index in [1.807, 2.05) is 12.1 Å². The van der Waals surface area contributed by atoms with E-state index >= 15 is 0 Å². The van der Waals surface area contributed by atoms with Crippen LogP contribution in [-0.2, 0) is 22.3 Å². The summed E-state index contributed by atoms with van der Waals surface area (Å²) in [5, 5.41) is 3.57. The van der Waals surface area contributed by atoms with Crippen molar-refractivity contribution in [1.82, 2.24) is 10.2 Å². The van der Waals surface area contributed by atoms with E-state index in [4.69, 9.17) is 18.9 Å². The van der Waals surface area contributed by atoms with Crippen LogP contribution in [0.3, 0.4) is 0 Å². The number of benzene rings is 1. The van der Waals surface area contributed by atoms with Crippen LogP contribution >= 0.6 is 0 Å². The van der Waals surface area contributed by atoms with E-state index < -0.39 is 0 Å². The molecule has 6 nitrogen and oxygen atoms in total. The third kappa shape index (κ3) is 7.55. The number of likely N-dealkylation sites (tertiary alicyclic amines) is 1. The van der Waals surface area contributed by atoms with Gasteiger partial charge >= 0.3 is 0 Å². The van der Waals surface area contributed by atoms with E-state index in [9.17, 15) is 0 Å². The number of methoxy groups -OCH3 is 1. The SMILES string of the molecule is COCCOCC1CCN(C(=NCCc2ccco2)NCCc2ccccc2)C1. The molecule has 0 radical (unpaired) electrons. The Morgan fingerprint density at radius 2 is 2.07 bits per heavy atom. The summed E-state index contributed by atoms with van der Waals surface area (Å²) in [6.45, 7) is 5.66. The van der Waals surface area contributed by atoms with Crippen molar-refractivity contribution in [2.45, 2.75) is 19.3 Å². The first-order valence-electron chi connectivity index (χ1n) is 10.5. The molecule has 1 aliphatic heterocycles. The first-order valence-corrected chi connectivity index (χ1v) is 10.5. The molecule has 0 spiro atoms. The monoisotopic (exact) mass is 399 g/mol. The molecule has 1 saturated heterocycles. The largest absolute Gasteiger partial charge is 0.469 e. The van der Waals surface area contributed by atoms with Gasteiger partial charge in [0.05, 0.1) is 26.1 Å². The molecule has 0 bridgehead atoms. The molecule has 6 heteroatoms. The predicted molar refractivity (Wildman–Crippen MR) is 115 cm³/mol. The van der Waals surface area contributed by atoms with Crippen LogP contribution in [0.2, 0.25) is 0 Å². The average Bonchev–Trinajstić information content (AvgIpc) is 3.43. The van der Waals surface area contributed by atoms with Gasteiger partial charge in [0.2, 0.25) is 0 Å². The van der Waals surface area contributed by atoms with E-state index in [2.05, 4.69) is 40.5 Å². The Morgan fingerprint density at radius 1 is 1.17 bits per heavy atom. The second kappa shape index (κ2) is 12.3. The minimum absolute atomic E-state index is 0.540. The van der Waals surface area contributed by atoms with Gasteiger partial charge in [-0.2, -0.15) is 0 Å². The molecule has 1 aromatic heterocycles. The fourth-order valence-corrected chi connectivity index (χ4v) is 3.51. The fraction of sp³-hybridized carbons (Fsp3) is 0.522. The quantitative estimate of drug-likeness (QED) is 0.358. The number of hydrogen-bond donors (Lipinski definition) is 1. The zero-order valence-corrected chi connectivity index (χ0v) is 17.4. The van der Waals surface area contributed by atoms with Gasteiger partial charge in [0.25, 0.3) is 0 Å². The second-order valence-electron chi connectivity index (χ2n) is 7.37. The minimum atomic E-state index is 0.540. The third-order valence-electron chi connectivity index (χ3n) is 5.11. The zero-order chi connectivity index (χ0) is 20.2. The molecular weight excluding hydrogens is 366 g/mol. The van der Waals surface area contributed by atoms with Gasteiger partial charge in [-0.1, -0.05) is 30.3 Å². The van der Waals surface area contributed by atoms with Crippen LogP contribution in [0.1, 0.15) is 17.7 Å². The van der Waals surface area contributed by atoms with Crippen LogP contribution in [0, 0.1) is 5.92 Å². The maximum atomic E-state index is 5.73. The van der Waals surface area contributed by atoms with Gasteiger partial charge in [-0.15, -0.1) is 0 Å². The number of hydrogen-bond acceptors (Lipinski definition) is 4. The highest BCUT2D eigenvalue weighted by molar-refractivity contribution is 5.80. The van der Waals surface area contributed by atoms with Gasteiger partial charge < -0.3 is 24.1 Å². The Hall–Kier alpha value is -2.31. The number of guanidine groups is 1. The van der Waals surface area contributed by atoms with Crippen molar-refractivity contribution in [2.24, 2.45) is 10.9 Å². The fourth-order valence-electron chi connectivity index (χ4n) is 3.51. The lowest BCUT2D eigenvalue weighted by Gasteiger charge is -2.22. The van der Waals surface area contributed by atoms with Crippen LogP contribution in [0.25, 0.3) is 0 Å². The molecule has 1 atom stereocenters. The Kier molecular flexibility index (Phi) is 9.07. The number of aliphatic imine (C=N–C) groups is 1. The van der Waals surface area contributed by atoms with Gasteiger partial charge in [-0.05, 0) is 30.5 Å². The smallest absolute Gasteiger partial charge is 0.193 e. The summed E-state index contributed by atoms with van der Waals surface area (Å²) in [6.07, 6.45) is 4.64. The van der Waals surface area contributed by atoms with Gasteiger partial charge in [0, 0.05) is 45.6 Å². The highest BCUT2D eigenvalue weighted by atomic mass is 16.5. The molecule has 1 fully saturated rings. The molecule has 1 aliphatic rings. The van der Waals surface area contributed by atoms with E-state index in [0.717, 1.165) is 57.2 Å². The topological polar surface area (TPSA) is 59.2 Å². The number of furan rings is 1. The average molecular weight is 400 g/mol. The summed E-state index contributed by atoms with van der Waals surface area (Å²) >= 11 is 0. The first-order chi connectivity index (χ1) is 14.3. The van der Waals surface area contributed by atoms with Gasteiger partial charge in [0.1, 0.15) is 5.76 Å². The van der Waals surface area contributed by atoms with E-state index in [1.165, 1.54) is 5.56 Å². The second-order valence-corrected chi connectivity index (χ2v) is 7.37. The molecule has 1 N–H and O–H groups in total. The van der Waals surface area contributed by atoms with Crippen molar-refractivity contribution in [1.29, 1.82) is 0 Å². The van der Waals surface area contributed by atoms with E-state index in [0.29, 0.717) is 25.7 Å². The van der Waals surface area contributed by atoms with Crippen molar-refractivity contribution in [3.8, 4) is 0 Å². The molecule has 0 aliphatic carbocycles. The minimum Gasteiger partial charge on any atom is -0.469 e. The summed E-state index contributed by atoms with van der Waals surface area (Å²) in [4.78, 5) is 7.23. The molecule has 29 heavy (non-hydrogen) atoms. The summed E-state index contributed by atoms with van der Waals surface area (Å²) in [5.74, 6) is 2.51. The summed E-state index contributed by atoms with van der Waals surface area (Å²) in [5.41, 5.74) is 1.33. The van der Waals surface area contributed by atoms with Crippen molar-refractivity contribution >= 4 is 5.96 Å². The van der Waals surface area contributed by atoms with Crippen molar-refractivity contribution in [3.63, 3.8) is 0 Å². The molecule has 3 rings (SSSR count). The van der Waals surface area contributed by atoms with Crippen molar-refractivity contribution in [3.05, 3.63) is 60.1 Å². The molecule has 1 unspecified atom stereocenters. The predicted octanol–water partition coefficient (Wildman–Crippen LogP) is 3.00. The molecule has 0 amide bonds. The highest BCUT2D eigenvalue weighted by Gasteiger charge is 2.25. The molecule has 1 aromatic carbocycles. The van der Waals surface area contributed by atoms with Gasteiger partial charge in [-0.3, -0.25) is 4.99 Å². The number of nitrogens with zero attached hydrogens (tertiary/aromatic N) is 2. The number of rotatable bonds is 11. The maximum Gasteiger partial charge on any atom is 0.193 e. The summed E-state index contributed by atoms with van der Waals surface area (Å²) in [7, 11) is 1.70. The number of ether oxygens (including phenoxy) is 2. The van der Waals surface area contributed by atoms with E-state index in [-0.39, 0.29) is 0 Å². The first kappa shape index (κ1) is 21.4. The van der Waals surface area contributed by atoms with Crippen LogP contribution in [0.5, 0.6) is 0 Å². The molecule has 0 saturated carbocycles. The lowest BCUT2D eigenvalue weighted by Crippen LogP contribution is -2.41. The molecular formula is C23H33N3O3. The van der Waals surface area contributed by atoms with Crippen LogP contribution in [0.15, 0.2) is 58.1 Å². The third-order valence-corrected chi connectivity index (χ3v) is 5.11. The van der Waals surface area contributed by atoms with Gasteiger partial charge in [0.15, 0.2) is 5.96 Å². The maximum absolute atomic E-state index is 5.73. The highest BCUT2D eigenvalue weighted by Crippen LogP contribution is 2.17. The van der Waals surface area contributed by atoms with Gasteiger partial charge in [-0.25, -0.2) is 0 Å². The van der Waals surface area contributed by atoms with Crippen LogP contribution in [-0.4, -0.2) is 64.0 Å². The summed E-state index contributed by atoms with van der Waals surface area (Å²) in [6, 6.07) is 14.5. The van der Waals surface area contributed by atoms with Crippen LogP contribution < -0.4 is 5.32 Å². The number of nitrogens with one attached hydrogen (secondary N) is 1. The Bertz CT molecular complexity index is 703. The Labute approximate surface area is 173 Å². The Balaban J connectivity index is 1.50. The standard InChI is InChI=1S/C23H33N3O3/c1-27-16-17-28-19-21-11-14-26(18-21)23(25-13-10-22-8-5-15-29-22)24-12-9-20-6-3-2-4-7-20/h2-8,15,21H,9-14,16-19H2,1H3,(H,24,25). The van der Waals surface area contributed by atoms with Crippen LogP contribution in [0.4, 0.5) is 0 Å². The summed E-state index contributed by atoms with van der Waals surface area (Å²) < 4.78 is 16.2. The zero-order valence-electron chi connectivity index (χ0n) is 17.4.